The van der Waals surface area contributed by atoms with E-state index >= 15 is 0 Å². The van der Waals surface area contributed by atoms with Crippen molar-refractivity contribution in [3.05, 3.63) is 70.8 Å². The molecular formula is C22H24F3LiN2O3. The van der Waals surface area contributed by atoms with Gasteiger partial charge in [-0.3, -0.25) is 9.69 Å². The number of halogens is 3. The van der Waals surface area contributed by atoms with Gasteiger partial charge in [-0.05, 0) is 61.7 Å². The Morgan fingerprint density at radius 3 is 2.29 bits per heavy atom. The number of rotatable bonds is 6. The molecule has 1 saturated heterocycles. The number of nitrogens with zero attached hydrogens (tertiary/aromatic N) is 1. The van der Waals surface area contributed by atoms with Gasteiger partial charge in [0.25, 0.3) is 0 Å². The molecule has 0 aromatic heterocycles. The van der Waals surface area contributed by atoms with Crippen molar-refractivity contribution < 1.29 is 27.9 Å². The molecule has 162 valence electrons. The summed E-state index contributed by atoms with van der Waals surface area (Å²) in [6.45, 7) is 2.92. The SMILES string of the molecule is C[C@H](NC(=O)[C@H]1CCCN1Cc1ccc(C(F)(F)F)cc1)c1ccc(C(=O)O)cc1.[LiH]. The number of carbonyl (C=O) groups excluding carboxylic acids is 1. The third kappa shape index (κ3) is 6.36. The minimum atomic E-state index is -4.37. The first-order valence-corrected chi connectivity index (χ1v) is 9.69. The van der Waals surface area contributed by atoms with Crippen LogP contribution < -0.4 is 5.32 Å². The first-order chi connectivity index (χ1) is 14.1. The second kappa shape index (κ2) is 10.4. The molecule has 0 spiro atoms. The van der Waals surface area contributed by atoms with Crippen molar-refractivity contribution in [1.82, 2.24) is 10.2 Å². The Morgan fingerprint density at radius 1 is 1.13 bits per heavy atom. The first-order valence-electron chi connectivity index (χ1n) is 9.69. The van der Waals surface area contributed by atoms with Crippen LogP contribution in [0.2, 0.25) is 0 Å². The Bertz CT molecular complexity index is 902. The molecule has 2 atom stereocenters. The maximum absolute atomic E-state index is 12.8. The van der Waals surface area contributed by atoms with Crippen LogP contribution in [-0.4, -0.2) is 53.3 Å². The van der Waals surface area contributed by atoms with Gasteiger partial charge in [0.1, 0.15) is 0 Å². The van der Waals surface area contributed by atoms with Gasteiger partial charge in [0.05, 0.1) is 23.2 Å². The third-order valence-corrected chi connectivity index (χ3v) is 5.35. The van der Waals surface area contributed by atoms with Gasteiger partial charge >= 0.3 is 31.0 Å². The summed E-state index contributed by atoms with van der Waals surface area (Å²) in [7, 11) is 0. The van der Waals surface area contributed by atoms with Gasteiger partial charge in [-0.25, -0.2) is 4.79 Å². The number of amides is 1. The number of carboxylic acids is 1. The summed E-state index contributed by atoms with van der Waals surface area (Å²) in [5.74, 6) is -1.16. The molecule has 31 heavy (non-hydrogen) atoms. The number of aromatic carboxylic acids is 1. The monoisotopic (exact) mass is 428 g/mol. The number of hydrogen-bond donors (Lipinski definition) is 2. The van der Waals surface area contributed by atoms with Gasteiger partial charge in [-0.15, -0.1) is 0 Å². The molecule has 0 aliphatic carbocycles. The molecule has 1 aliphatic heterocycles. The van der Waals surface area contributed by atoms with E-state index in [1.54, 1.807) is 12.1 Å². The van der Waals surface area contributed by atoms with E-state index < -0.39 is 17.7 Å². The Hall–Kier alpha value is -2.27. The van der Waals surface area contributed by atoms with Gasteiger partial charge in [-0.1, -0.05) is 24.3 Å². The summed E-state index contributed by atoms with van der Waals surface area (Å²) in [4.78, 5) is 25.7. The molecule has 9 heteroatoms. The third-order valence-electron chi connectivity index (χ3n) is 5.35. The fourth-order valence-corrected chi connectivity index (χ4v) is 3.65. The van der Waals surface area contributed by atoms with Crippen LogP contribution in [-0.2, 0) is 17.5 Å². The van der Waals surface area contributed by atoms with Crippen molar-refractivity contribution in [1.29, 1.82) is 0 Å². The maximum atomic E-state index is 12.8. The summed E-state index contributed by atoms with van der Waals surface area (Å²) >= 11 is 0. The van der Waals surface area contributed by atoms with E-state index in [-0.39, 0.29) is 42.4 Å². The molecule has 1 heterocycles. The number of likely N-dealkylation sites (tertiary alicyclic amines) is 1. The second-order valence-electron chi connectivity index (χ2n) is 7.48. The van der Waals surface area contributed by atoms with Crippen LogP contribution >= 0.6 is 0 Å². The summed E-state index contributed by atoms with van der Waals surface area (Å²) in [5, 5.41) is 11.9. The van der Waals surface area contributed by atoms with Gasteiger partial charge in [0.15, 0.2) is 0 Å². The zero-order valence-corrected chi connectivity index (χ0v) is 16.4. The van der Waals surface area contributed by atoms with Crippen LogP contribution in [0, 0.1) is 0 Å². The number of alkyl halides is 3. The van der Waals surface area contributed by atoms with Crippen LogP contribution in [0.1, 0.15) is 52.9 Å². The number of carboxylic acid groups (broad SMARTS) is 1. The van der Waals surface area contributed by atoms with E-state index in [1.807, 2.05) is 11.8 Å². The predicted octanol–water partition coefficient (Wildman–Crippen LogP) is 3.60. The van der Waals surface area contributed by atoms with Gasteiger partial charge in [0, 0.05) is 6.54 Å². The Balaban J connectivity index is 0.00000341. The summed E-state index contributed by atoms with van der Waals surface area (Å²) < 4.78 is 38.2. The minimum absolute atomic E-state index is 0. The topological polar surface area (TPSA) is 69.6 Å². The molecule has 0 radical (unpaired) electrons. The molecule has 1 aliphatic rings. The molecule has 1 fully saturated rings. The van der Waals surface area contributed by atoms with E-state index in [0.29, 0.717) is 19.5 Å². The summed E-state index contributed by atoms with van der Waals surface area (Å²) in [6.07, 6.45) is -2.86. The van der Waals surface area contributed by atoms with Crippen LogP contribution in [0.5, 0.6) is 0 Å². The standard InChI is InChI=1S/C22H23F3N2O3.Li.H/c1-14(16-6-8-17(9-7-16)21(29)30)26-20(28)19-3-2-12-27(19)13-15-4-10-18(11-5-15)22(23,24)25;;/h4-11,14,19H,2-3,12-13H2,1H3,(H,26,28)(H,29,30);;/t14-,19+;;/m0../s1. The van der Waals surface area contributed by atoms with E-state index in [4.69, 9.17) is 5.11 Å². The van der Waals surface area contributed by atoms with Crippen molar-refractivity contribution in [2.75, 3.05) is 6.54 Å². The zero-order chi connectivity index (χ0) is 21.9. The average Bonchev–Trinajstić information content (AvgIpc) is 3.16. The number of carbonyl (C=O) groups is 2. The van der Waals surface area contributed by atoms with Gasteiger partial charge in [-0.2, -0.15) is 13.2 Å². The van der Waals surface area contributed by atoms with Crippen molar-refractivity contribution >= 4 is 30.7 Å². The zero-order valence-electron chi connectivity index (χ0n) is 16.4. The Kier molecular flexibility index (Phi) is 8.35. The Morgan fingerprint density at radius 2 is 1.74 bits per heavy atom. The van der Waals surface area contributed by atoms with Crippen molar-refractivity contribution in [2.45, 2.75) is 44.6 Å². The van der Waals surface area contributed by atoms with E-state index in [0.717, 1.165) is 29.7 Å². The first kappa shape index (κ1) is 25.0. The second-order valence-corrected chi connectivity index (χ2v) is 7.48. The van der Waals surface area contributed by atoms with Crippen molar-refractivity contribution in [2.24, 2.45) is 0 Å². The van der Waals surface area contributed by atoms with Gasteiger partial charge in [0.2, 0.25) is 5.91 Å². The fraction of sp³-hybridized carbons (Fsp3) is 0.364. The van der Waals surface area contributed by atoms with Crippen LogP contribution in [0.25, 0.3) is 0 Å². The molecule has 0 saturated carbocycles. The number of hydrogen-bond acceptors (Lipinski definition) is 3. The summed E-state index contributed by atoms with van der Waals surface area (Å²) in [6, 6.07) is 10.7. The molecule has 5 nitrogen and oxygen atoms in total. The van der Waals surface area contributed by atoms with Crippen LogP contribution in [0.4, 0.5) is 13.2 Å². The van der Waals surface area contributed by atoms with E-state index in [1.165, 1.54) is 24.3 Å². The number of nitrogens with one attached hydrogen (secondary N) is 1. The van der Waals surface area contributed by atoms with Crippen molar-refractivity contribution in [3.63, 3.8) is 0 Å². The van der Waals surface area contributed by atoms with Crippen LogP contribution in [0.3, 0.4) is 0 Å². The van der Waals surface area contributed by atoms with Gasteiger partial charge < -0.3 is 10.4 Å². The molecule has 3 rings (SSSR count). The molecule has 1 amide bonds. The molecule has 0 unspecified atom stereocenters. The number of benzene rings is 2. The average molecular weight is 428 g/mol. The summed E-state index contributed by atoms with van der Waals surface area (Å²) in [5.41, 5.74) is 1.00. The van der Waals surface area contributed by atoms with E-state index in [9.17, 15) is 22.8 Å². The molecule has 0 bridgehead atoms. The normalized spacial score (nSPS) is 17.6. The molecule has 2 aromatic carbocycles. The fourth-order valence-electron chi connectivity index (χ4n) is 3.65. The molecule has 2 N–H and O–H groups in total. The van der Waals surface area contributed by atoms with Crippen LogP contribution in [0.15, 0.2) is 48.5 Å². The molecular weight excluding hydrogens is 404 g/mol. The molecule has 2 aromatic rings. The Labute approximate surface area is 190 Å². The predicted molar refractivity (Wildman–Crippen MR) is 112 cm³/mol. The quantitative estimate of drug-likeness (QED) is 0.690. The van der Waals surface area contributed by atoms with Crippen molar-refractivity contribution in [3.8, 4) is 0 Å². The van der Waals surface area contributed by atoms with E-state index in [2.05, 4.69) is 5.32 Å².